The number of benzene rings is 1. The molecule has 3 N–H and O–H groups in total. The zero-order chi connectivity index (χ0) is 15.9. The number of anilines is 1. The summed E-state index contributed by atoms with van der Waals surface area (Å²) in [5, 5.41) is 14.9. The van der Waals surface area contributed by atoms with Gasteiger partial charge in [0.2, 0.25) is 0 Å². The van der Waals surface area contributed by atoms with E-state index in [1.807, 2.05) is 38.1 Å². The van der Waals surface area contributed by atoms with Crippen LogP contribution in [0.2, 0.25) is 0 Å². The molecule has 1 aromatic rings. The van der Waals surface area contributed by atoms with Gasteiger partial charge in [-0.15, -0.1) is 0 Å². The quantitative estimate of drug-likeness (QED) is 0.691. The Morgan fingerprint density at radius 3 is 2.82 bits per heavy atom. The van der Waals surface area contributed by atoms with Gasteiger partial charge in [-0.05, 0) is 56.7 Å². The van der Waals surface area contributed by atoms with Gasteiger partial charge in [0, 0.05) is 18.3 Å². The number of urea groups is 1. The molecule has 122 valence electrons. The summed E-state index contributed by atoms with van der Waals surface area (Å²) in [6.45, 7) is 4.62. The Labute approximate surface area is 132 Å². The summed E-state index contributed by atoms with van der Waals surface area (Å²) in [5.41, 5.74) is 1.78. The summed E-state index contributed by atoms with van der Waals surface area (Å²) in [6, 6.07) is 7.51. The largest absolute Gasteiger partial charge is 0.396 e. The van der Waals surface area contributed by atoms with Crippen molar-refractivity contribution < 1.29 is 14.6 Å². The van der Waals surface area contributed by atoms with Gasteiger partial charge in [0.15, 0.2) is 0 Å². The SMILES string of the molecule is CC(C)OCc1cccc(NC(=O)NC(CCO)C2CC2)c1. The minimum absolute atomic E-state index is 0.0671. The second-order valence-electron chi connectivity index (χ2n) is 6.11. The molecule has 0 bridgehead atoms. The van der Waals surface area contributed by atoms with Gasteiger partial charge >= 0.3 is 6.03 Å². The molecule has 0 saturated heterocycles. The highest BCUT2D eigenvalue weighted by Crippen LogP contribution is 2.33. The molecule has 0 aliphatic heterocycles. The van der Waals surface area contributed by atoms with Crippen molar-refractivity contribution in [1.29, 1.82) is 0 Å². The summed E-state index contributed by atoms with van der Waals surface area (Å²) in [6.07, 6.45) is 3.05. The van der Waals surface area contributed by atoms with Gasteiger partial charge in [-0.25, -0.2) is 4.79 Å². The van der Waals surface area contributed by atoms with Gasteiger partial charge in [-0.2, -0.15) is 0 Å². The number of nitrogens with one attached hydrogen (secondary N) is 2. The number of carbonyl (C=O) groups is 1. The highest BCUT2D eigenvalue weighted by atomic mass is 16.5. The van der Waals surface area contributed by atoms with Gasteiger partial charge in [0.05, 0.1) is 12.7 Å². The second-order valence-corrected chi connectivity index (χ2v) is 6.11. The minimum atomic E-state index is -0.215. The number of aliphatic hydroxyl groups excluding tert-OH is 1. The van der Waals surface area contributed by atoms with Crippen LogP contribution in [0.15, 0.2) is 24.3 Å². The lowest BCUT2D eigenvalue weighted by atomic mass is 10.1. The molecule has 0 radical (unpaired) electrons. The van der Waals surface area contributed by atoms with Crippen molar-refractivity contribution in [2.45, 2.75) is 51.9 Å². The van der Waals surface area contributed by atoms with E-state index in [1.54, 1.807) is 0 Å². The van der Waals surface area contributed by atoms with Crippen LogP contribution in [0.5, 0.6) is 0 Å². The molecule has 22 heavy (non-hydrogen) atoms. The summed E-state index contributed by atoms with van der Waals surface area (Å²) in [7, 11) is 0. The van der Waals surface area contributed by atoms with Crippen molar-refractivity contribution in [3.8, 4) is 0 Å². The minimum Gasteiger partial charge on any atom is -0.396 e. The van der Waals surface area contributed by atoms with Crippen molar-refractivity contribution >= 4 is 11.7 Å². The van der Waals surface area contributed by atoms with Crippen LogP contribution in [-0.2, 0) is 11.3 Å². The Morgan fingerprint density at radius 1 is 1.41 bits per heavy atom. The molecule has 0 aromatic heterocycles. The highest BCUT2D eigenvalue weighted by Gasteiger charge is 2.31. The van der Waals surface area contributed by atoms with E-state index in [9.17, 15) is 4.79 Å². The predicted octanol–water partition coefficient (Wildman–Crippen LogP) is 2.89. The predicted molar refractivity (Wildman–Crippen MR) is 86.7 cm³/mol. The maximum atomic E-state index is 12.1. The topological polar surface area (TPSA) is 70.6 Å². The van der Waals surface area contributed by atoms with Crippen LogP contribution in [0, 0.1) is 5.92 Å². The third kappa shape index (κ3) is 5.66. The molecule has 1 aliphatic carbocycles. The summed E-state index contributed by atoms with van der Waals surface area (Å²) >= 11 is 0. The summed E-state index contributed by atoms with van der Waals surface area (Å²) in [4.78, 5) is 12.1. The van der Waals surface area contributed by atoms with E-state index in [2.05, 4.69) is 10.6 Å². The van der Waals surface area contributed by atoms with Crippen LogP contribution < -0.4 is 10.6 Å². The first-order valence-electron chi connectivity index (χ1n) is 7.97. The molecule has 1 aromatic carbocycles. The lowest BCUT2D eigenvalue weighted by Crippen LogP contribution is -2.39. The molecule has 5 nitrogen and oxygen atoms in total. The number of amides is 2. The van der Waals surface area contributed by atoms with Gasteiger partial charge in [-0.3, -0.25) is 0 Å². The van der Waals surface area contributed by atoms with E-state index in [4.69, 9.17) is 9.84 Å². The van der Waals surface area contributed by atoms with Crippen LogP contribution >= 0.6 is 0 Å². The molecule has 1 aliphatic rings. The fraction of sp³-hybridized carbons (Fsp3) is 0.588. The molecule has 1 fully saturated rings. The Hall–Kier alpha value is -1.59. The van der Waals surface area contributed by atoms with E-state index in [1.165, 1.54) is 0 Å². The molecule has 5 heteroatoms. The van der Waals surface area contributed by atoms with Crippen LogP contribution in [0.25, 0.3) is 0 Å². The number of rotatable bonds is 8. The highest BCUT2D eigenvalue weighted by molar-refractivity contribution is 5.89. The first-order valence-corrected chi connectivity index (χ1v) is 7.97. The van der Waals surface area contributed by atoms with Crippen LogP contribution in [0.3, 0.4) is 0 Å². The zero-order valence-corrected chi connectivity index (χ0v) is 13.3. The molecule has 2 amide bonds. The average Bonchev–Trinajstić information content (AvgIpc) is 3.29. The van der Waals surface area contributed by atoms with Crippen LogP contribution in [-0.4, -0.2) is 29.9 Å². The maximum absolute atomic E-state index is 12.1. The Balaban J connectivity index is 1.86. The van der Waals surface area contributed by atoms with E-state index in [0.29, 0.717) is 18.9 Å². The Bertz CT molecular complexity index is 487. The second kappa shape index (κ2) is 8.15. The number of ether oxygens (including phenoxy) is 1. The molecule has 0 heterocycles. The van der Waals surface area contributed by atoms with Gasteiger partial charge in [-0.1, -0.05) is 12.1 Å². The van der Waals surface area contributed by atoms with Crippen molar-refractivity contribution in [2.24, 2.45) is 5.92 Å². The molecule has 2 rings (SSSR count). The summed E-state index contributed by atoms with van der Waals surface area (Å²) in [5.74, 6) is 0.517. The lowest BCUT2D eigenvalue weighted by molar-refractivity contribution is 0.0657. The zero-order valence-electron chi connectivity index (χ0n) is 13.3. The fourth-order valence-corrected chi connectivity index (χ4v) is 2.40. The van der Waals surface area contributed by atoms with E-state index < -0.39 is 0 Å². The van der Waals surface area contributed by atoms with Crippen molar-refractivity contribution in [2.75, 3.05) is 11.9 Å². The smallest absolute Gasteiger partial charge is 0.319 e. The van der Waals surface area contributed by atoms with Gasteiger partial charge < -0.3 is 20.5 Å². The van der Waals surface area contributed by atoms with E-state index in [-0.39, 0.29) is 24.8 Å². The molecule has 0 spiro atoms. The van der Waals surface area contributed by atoms with E-state index >= 15 is 0 Å². The Kier molecular flexibility index (Phi) is 6.21. The number of aliphatic hydroxyl groups is 1. The third-order valence-electron chi connectivity index (χ3n) is 3.72. The molecule has 1 atom stereocenters. The summed E-state index contributed by atoms with van der Waals surface area (Å²) < 4.78 is 5.57. The average molecular weight is 306 g/mol. The first-order chi connectivity index (χ1) is 10.6. The molecule has 1 saturated carbocycles. The number of carbonyl (C=O) groups excluding carboxylic acids is 1. The van der Waals surface area contributed by atoms with Crippen molar-refractivity contribution in [3.05, 3.63) is 29.8 Å². The third-order valence-corrected chi connectivity index (χ3v) is 3.72. The lowest BCUT2D eigenvalue weighted by Gasteiger charge is -2.18. The maximum Gasteiger partial charge on any atom is 0.319 e. The van der Waals surface area contributed by atoms with Crippen LogP contribution in [0.4, 0.5) is 10.5 Å². The number of hydrogen-bond acceptors (Lipinski definition) is 3. The van der Waals surface area contributed by atoms with Gasteiger partial charge in [0.25, 0.3) is 0 Å². The molecular weight excluding hydrogens is 280 g/mol. The first kappa shape index (κ1) is 16.8. The Morgan fingerprint density at radius 2 is 2.18 bits per heavy atom. The van der Waals surface area contributed by atoms with E-state index in [0.717, 1.165) is 24.1 Å². The van der Waals surface area contributed by atoms with Gasteiger partial charge in [0.1, 0.15) is 0 Å². The fourth-order valence-electron chi connectivity index (χ4n) is 2.40. The van der Waals surface area contributed by atoms with Crippen molar-refractivity contribution in [1.82, 2.24) is 5.32 Å². The number of hydrogen-bond donors (Lipinski definition) is 3. The standard InChI is InChI=1S/C17H26N2O3/c1-12(2)22-11-13-4-3-5-15(10-13)18-17(21)19-16(8-9-20)14-6-7-14/h3-5,10,12,14,16,20H,6-9,11H2,1-2H3,(H2,18,19,21). The normalized spacial score (nSPS) is 15.6. The van der Waals surface area contributed by atoms with Crippen LogP contribution in [0.1, 0.15) is 38.7 Å². The molecular formula is C17H26N2O3. The monoisotopic (exact) mass is 306 g/mol. The molecule has 1 unspecified atom stereocenters. The van der Waals surface area contributed by atoms with Crippen molar-refractivity contribution in [3.63, 3.8) is 0 Å².